The van der Waals surface area contributed by atoms with Crippen LogP contribution in [0.4, 0.5) is 5.82 Å². The third-order valence-electron chi connectivity index (χ3n) is 4.61. The molecule has 1 aliphatic rings. The zero-order valence-electron chi connectivity index (χ0n) is 11.9. The Balaban J connectivity index is 2.14. The van der Waals surface area contributed by atoms with Crippen LogP contribution >= 0.6 is 15.9 Å². The molecule has 2 aromatic rings. The minimum atomic E-state index is -0.743. The van der Waals surface area contributed by atoms with E-state index < -0.39 is 11.4 Å². The summed E-state index contributed by atoms with van der Waals surface area (Å²) in [6, 6.07) is 0. The molecule has 2 unspecified atom stereocenters. The van der Waals surface area contributed by atoms with E-state index in [-0.39, 0.29) is 5.41 Å². The molecule has 0 bridgehead atoms. The van der Waals surface area contributed by atoms with E-state index in [0.29, 0.717) is 23.3 Å². The summed E-state index contributed by atoms with van der Waals surface area (Å²) in [7, 11) is 0. The summed E-state index contributed by atoms with van der Waals surface area (Å²) in [6.07, 6.45) is 5.44. The van der Waals surface area contributed by atoms with Gasteiger partial charge in [-0.05, 0) is 42.1 Å². The molecule has 0 spiro atoms. The maximum atomic E-state index is 11.5. The number of carboxylic acid groups (broad SMARTS) is 1. The van der Waals surface area contributed by atoms with Gasteiger partial charge in [0.2, 0.25) is 0 Å². The van der Waals surface area contributed by atoms with Gasteiger partial charge in [0, 0.05) is 17.8 Å². The first kappa shape index (κ1) is 14.3. The summed E-state index contributed by atoms with van der Waals surface area (Å²) in [6.45, 7) is 3.88. The number of anilines is 1. The Kier molecular flexibility index (Phi) is 3.02. The van der Waals surface area contributed by atoms with Crippen LogP contribution in [0.2, 0.25) is 0 Å². The van der Waals surface area contributed by atoms with Crippen LogP contribution in [-0.4, -0.2) is 25.4 Å². The molecule has 1 aliphatic carbocycles. The third-order valence-corrected chi connectivity index (χ3v) is 5.16. The molecule has 2 heterocycles. The first-order valence-corrected chi connectivity index (χ1v) is 7.58. The molecule has 7 heteroatoms. The van der Waals surface area contributed by atoms with E-state index >= 15 is 0 Å². The molecule has 2 atom stereocenters. The van der Waals surface area contributed by atoms with Gasteiger partial charge in [-0.1, -0.05) is 6.92 Å². The van der Waals surface area contributed by atoms with E-state index in [4.69, 9.17) is 5.73 Å². The minimum absolute atomic E-state index is 0.296. The lowest BCUT2D eigenvalue weighted by Crippen LogP contribution is -2.29. The third kappa shape index (κ3) is 2.02. The molecule has 6 nitrogen and oxygen atoms in total. The minimum Gasteiger partial charge on any atom is -0.481 e. The summed E-state index contributed by atoms with van der Waals surface area (Å²) in [5, 5.41) is 9.45. The van der Waals surface area contributed by atoms with Gasteiger partial charge >= 0.3 is 5.97 Å². The molecule has 0 aliphatic heterocycles. The molecule has 2 aromatic heterocycles. The average molecular weight is 353 g/mol. The monoisotopic (exact) mass is 352 g/mol. The second-order valence-electron chi connectivity index (χ2n) is 6.36. The van der Waals surface area contributed by atoms with E-state index in [0.717, 1.165) is 17.8 Å². The number of aliphatic carboxylic acids is 1. The topological polar surface area (TPSA) is 93.5 Å². The lowest BCUT2D eigenvalue weighted by Gasteiger charge is -2.25. The molecule has 0 saturated heterocycles. The fourth-order valence-electron chi connectivity index (χ4n) is 3.41. The highest BCUT2D eigenvalue weighted by Crippen LogP contribution is 2.50. The van der Waals surface area contributed by atoms with E-state index in [1.807, 2.05) is 10.6 Å². The maximum absolute atomic E-state index is 11.5. The van der Waals surface area contributed by atoms with Crippen molar-refractivity contribution in [1.82, 2.24) is 14.4 Å². The van der Waals surface area contributed by atoms with E-state index in [9.17, 15) is 9.90 Å². The molecule has 21 heavy (non-hydrogen) atoms. The van der Waals surface area contributed by atoms with Gasteiger partial charge < -0.3 is 10.8 Å². The Hall–Kier alpha value is -1.63. The quantitative estimate of drug-likeness (QED) is 0.866. The predicted octanol–water partition coefficient (Wildman–Crippen LogP) is 2.61. The van der Waals surface area contributed by atoms with Crippen molar-refractivity contribution in [2.24, 2.45) is 5.41 Å². The normalized spacial score (nSPS) is 29.1. The second-order valence-corrected chi connectivity index (χ2v) is 7.11. The Morgan fingerprint density at radius 1 is 1.48 bits per heavy atom. The van der Waals surface area contributed by atoms with Crippen LogP contribution in [0, 0.1) is 5.41 Å². The van der Waals surface area contributed by atoms with Gasteiger partial charge in [-0.2, -0.15) is 0 Å². The van der Waals surface area contributed by atoms with E-state index in [2.05, 4.69) is 32.8 Å². The molecule has 3 N–H and O–H groups in total. The number of nitrogens with zero attached hydrogens (tertiary/aromatic N) is 3. The summed E-state index contributed by atoms with van der Waals surface area (Å²) >= 11 is 3.43. The predicted molar refractivity (Wildman–Crippen MR) is 82.0 cm³/mol. The summed E-state index contributed by atoms with van der Waals surface area (Å²) in [5.74, 6) is 0.501. The number of carbonyl (C=O) groups is 1. The zero-order valence-corrected chi connectivity index (χ0v) is 13.5. The van der Waals surface area contributed by atoms with Crippen molar-refractivity contribution in [1.29, 1.82) is 0 Å². The van der Waals surface area contributed by atoms with Crippen LogP contribution in [0.15, 0.2) is 17.0 Å². The number of rotatable bonds is 2. The number of fused-ring (bicyclic) bond motifs is 1. The Bertz CT molecular complexity index is 744. The van der Waals surface area contributed by atoms with Crippen molar-refractivity contribution in [3.8, 4) is 0 Å². The van der Waals surface area contributed by atoms with E-state index in [1.54, 1.807) is 13.1 Å². The van der Waals surface area contributed by atoms with Crippen LogP contribution in [0.5, 0.6) is 0 Å². The highest BCUT2D eigenvalue weighted by molar-refractivity contribution is 9.10. The molecule has 1 saturated carbocycles. The van der Waals surface area contributed by atoms with Gasteiger partial charge in [0.1, 0.15) is 15.9 Å². The van der Waals surface area contributed by atoms with Crippen molar-refractivity contribution >= 4 is 33.2 Å². The number of nitrogens with two attached hydrogens (primary N) is 1. The lowest BCUT2D eigenvalue weighted by molar-refractivity contribution is -0.147. The summed E-state index contributed by atoms with van der Waals surface area (Å²) < 4.78 is 2.56. The molecule has 0 radical (unpaired) electrons. The van der Waals surface area contributed by atoms with Gasteiger partial charge in [0.25, 0.3) is 0 Å². The van der Waals surface area contributed by atoms with Crippen molar-refractivity contribution < 1.29 is 9.90 Å². The number of aromatic nitrogens is 3. The number of nitrogen functional groups attached to an aromatic ring is 1. The standard InChI is InChI=1S/C14H17BrN4O2/c1-13(3-4-14(2,7-13)12(20)21)11-18-9(15)8-10(16)17-5-6-19(8)11/h5-6H,3-4,7H2,1-2H3,(H2,16,17)(H,20,21). The smallest absolute Gasteiger partial charge is 0.309 e. The second kappa shape index (κ2) is 4.43. The van der Waals surface area contributed by atoms with Crippen LogP contribution in [-0.2, 0) is 10.2 Å². The molecular formula is C14H17BrN4O2. The number of halogens is 1. The van der Waals surface area contributed by atoms with Crippen molar-refractivity contribution in [2.75, 3.05) is 5.73 Å². The van der Waals surface area contributed by atoms with Crippen LogP contribution in [0.1, 0.15) is 38.9 Å². The molecule has 0 amide bonds. The molecular weight excluding hydrogens is 336 g/mol. The average Bonchev–Trinajstić information content (AvgIpc) is 2.91. The Morgan fingerprint density at radius 2 is 2.19 bits per heavy atom. The lowest BCUT2D eigenvalue weighted by atomic mass is 9.81. The Labute approximate surface area is 130 Å². The number of hydrogen-bond donors (Lipinski definition) is 2. The molecule has 3 rings (SSSR count). The van der Waals surface area contributed by atoms with E-state index in [1.165, 1.54) is 0 Å². The Morgan fingerprint density at radius 3 is 2.81 bits per heavy atom. The van der Waals surface area contributed by atoms with Gasteiger partial charge in [-0.15, -0.1) is 0 Å². The maximum Gasteiger partial charge on any atom is 0.309 e. The largest absolute Gasteiger partial charge is 0.481 e. The van der Waals surface area contributed by atoms with Crippen LogP contribution < -0.4 is 5.73 Å². The first-order valence-electron chi connectivity index (χ1n) is 6.79. The number of imidazole rings is 1. The molecule has 112 valence electrons. The van der Waals surface area contributed by atoms with Crippen molar-refractivity contribution in [3.05, 3.63) is 22.8 Å². The fraction of sp³-hybridized carbons (Fsp3) is 0.500. The van der Waals surface area contributed by atoms with Crippen molar-refractivity contribution in [2.45, 2.75) is 38.5 Å². The fourth-order valence-corrected chi connectivity index (χ4v) is 3.97. The van der Waals surface area contributed by atoms with Gasteiger partial charge in [-0.3, -0.25) is 9.20 Å². The van der Waals surface area contributed by atoms with Crippen molar-refractivity contribution in [3.63, 3.8) is 0 Å². The zero-order chi connectivity index (χ0) is 15.4. The SMILES string of the molecule is CC1(C(=O)O)CCC(C)(c2nc(Br)c3c(N)nccn23)C1. The highest BCUT2D eigenvalue weighted by atomic mass is 79.9. The van der Waals surface area contributed by atoms with Gasteiger partial charge in [0.15, 0.2) is 5.82 Å². The molecule has 1 fully saturated rings. The van der Waals surface area contributed by atoms with Gasteiger partial charge in [-0.25, -0.2) is 9.97 Å². The summed E-state index contributed by atoms with van der Waals surface area (Å²) in [5.41, 5.74) is 5.65. The first-order chi connectivity index (χ1) is 9.77. The van der Waals surface area contributed by atoms with Crippen LogP contribution in [0.25, 0.3) is 5.52 Å². The summed E-state index contributed by atoms with van der Waals surface area (Å²) in [4.78, 5) is 20.2. The van der Waals surface area contributed by atoms with Gasteiger partial charge in [0.05, 0.1) is 5.41 Å². The molecule has 0 aromatic carbocycles. The highest BCUT2D eigenvalue weighted by Gasteiger charge is 2.50. The number of carboxylic acids is 1. The number of hydrogen-bond acceptors (Lipinski definition) is 4. The van der Waals surface area contributed by atoms with Crippen LogP contribution in [0.3, 0.4) is 0 Å².